The number of hydrogen-bond donors (Lipinski definition) is 0. The van der Waals surface area contributed by atoms with Gasteiger partial charge in [-0.2, -0.15) is 0 Å². The van der Waals surface area contributed by atoms with E-state index in [2.05, 4.69) is 14.8 Å². The van der Waals surface area contributed by atoms with Gasteiger partial charge < -0.3 is 9.47 Å². The molecule has 1 atom stereocenters. The summed E-state index contributed by atoms with van der Waals surface area (Å²) in [6, 6.07) is -0.0500. The number of nitrogens with zero attached hydrogens (tertiary/aromatic N) is 4. The van der Waals surface area contributed by atoms with Crippen molar-refractivity contribution in [2.24, 2.45) is 0 Å². The van der Waals surface area contributed by atoms with E-state index in [0.29, 0.717) is 6.54 Å². The summed E-state index contributed by atoms with van der Waals surface area (Å²) in [5, 5.41) is 8.57. The molecule has 0 aromatic carbocycles. The van der Waals surface area contributed by atoms with Crippen LogP contribution in [-0.2, 0) is 27.6 Å². The molecule has 0 unspecified atom stereocenters. The van der Waals surface area contributed by atoms with E-state index in [9.17, 15) is 13.2 Å². The van der Waals surface area contributed by atoms with Crippen LogP contribution in [0.1, 0.15) is 81.9 Å². The van der Waals surface area contributed by atoms with E-state index in [0.717, 1.165) is 76.0 Å². The molecule has 4 rings (SSSR count). The Hall–Kier alpha value is -1.44. The Labute approximate surface area is 161 Å². The van der Waals surface area contributed by atoms with Crippen molar-refractivity contribution in [3.8, 4) is 0 Å². The normalized spacial score (nSPS) is 24.1. The molecule has 150 valence electrons. The predicted octanol–water partition coefficient (Wildman–Crippen LogP) is 2.42. The van der Waals surface area contributed by atoms with E-state index in [4.69, 9.17) is 0 Å². The molecule has 7 nitrogen and oxygen atoms in total. The lowest BCUT2D eigenvalue weighted by atomic mass is 10.2. The van der Waals surface area contributed by atoms with Crippen molar-refractivity contribution in [3.63, 3.8) is 0 Å². The van der Waals surface area contributed by atoms with Gasteiger partial charge >= 0.3 is 0 Å². The molecule has 8 heteroatoms. The van der Waals surface area contributed by atoms with Crippen molar-refractivity contribution in [2.75, 3.05) is 12.3 Å². The Balaban J connectivity index is 1.44. The average molecular weight is 395 g/mol. The van der Waals surface area contributed by atoms with E-state index >= 15 is 0 Å². The summed E-state index contributed by atoms with van der Waals surface area (Å²) in [5.74, 6) is 1.87. The van der Waals surface area contributed by atoms with Crippen molar-refractivity contribution < 1.29 is 13.2 Å². The molecule has 1 aromatic heterocycles. The summed E-state index contributed by atoms with van der Waals surface area (Å²) in [6.07, 6.45) is 9.84. The zero-order valence-corrected chi connectivity index (χ0v) is 16.8. The van der Waals surface area contributed by atoms with Gasteiger partial charge in [0.1, 0.15) is 5.82 Å². The van der Waals surface area contributed by atoms with Crippen LogP contribution in [0.25, 0.3) is 0 Å². The molecule has 0 bridgehead atoms. The highest BCUT2D eigenvalue weighted by atomic mass is 32.2. The topological polar surface area (TPSA) is 85.2 Å². The second-order valence-electron chi connectivity index (χ2n) is 8.21. The molecule has 1 saturated heterocycles. The number of aryl methyl sites for hydroxylation is 1. The number of likely N-dealkylation sites (tertiary alicyclic amines) is 1. The smallest absolute Gasteiger partial charge is 0.224 e. The summed E-state index contributed by atoms with van der Waals surface area (Å²) in [7, 11) is -3.16. The number of sulfone groups is 1. The Morgan fingerprint density at radius 3 is 2.59 bits per heavy atom. The number of rotatable bonds is 5. The molecule has 0 radical (unpaired) electrons. The Morgan fingerprint density at radius 2 is 1.78 bits per heavy atom. The largest absolute Gasteiger partial charge is 0.332 e. The number of carbonyl (C=O) groups excluding carboxylic acids is 1. The summed E-state index contributed by atoms with van der Waals surface area (Å²) >= 11 is 0. The van der Waals surface area contributed by atoms with Gasteiger partial charge in [-0.15, -0.1) is 10.2 Å². The fourth-order valence-electron chi connectivity index (χ4n) is 4.88. The molecule has 27 heavy (non-hydrogen) atoms. The monoisotopic (exact) mass is 394 g/mol. The van der Waals surface area contributed by atoms with Crippen molar-refractivity contribution in [2.45, 2.75) is 88.5 Å². The molecule has 0 spiro atoms. The third-order valence-electron chi connectivity index (χ3n) is 6.42. The lowest BCUT2D eigenvalue weighted by Crippen LogP contribution is -2.34. The van der Waals surface area contributed by atoms with Crippen LogP contribution >= 0.6 is 0 Å². The number of hydrogen-bond acceptors (Lipinski definition) is 5. The van der Waals surface area contributed by atoms with Gasteiger partial charge in [0, 0.05) is 25.9 Å². The number of aromatic nitrogens is 3. The number of carbonyl (C=O) groups is 1. The maximum atomic E-state index is 12.9. The minimum absolute atomic E-state index is 0.0162. The van der Waals surface area contributed by atoms with Crippen LogP contribution in [0.2, 0.25) is 0 Å². The van der Waals surface area contributed by atoms with Crippen LogP contribution in [0.3, 0.4) is 0 Å². The second kappa shape index (κ2) is 7.89. The molecule has 1 saturated carbocycles. The highest BCUT2D eigenvalue weighted by Gasteiger charge is 2.35. The minimum Gasteiger partial charge on any atom is -0.332 e. The predicted molar refractivity (Wildman–Crippen MR) is 102 cm³/mol. The fraction of sp³-hybridized carbons (Fsp3) is 0.842. The molecule has 0 N–H and O–H groups in total. The first kappa shape index (κ1) is 18.9. The van der Waals surface area contributed by atoms with Gasteiger partial charge in [0.25, 0.3) is 0 Å². The first-order valence-corrected chi connectivity index (χ1v) is 12.2. The molecule has 3 heterocycles. The van der Waals surface area contributed by atoms with E-state index in [1.807, 2.05) is 4.90 Å². The van der Waals surface area contributed by atoms with Crippen LogP contribution in [0, 0.1) is 0 Å². The van der Waals surface area contributed by atoms with Crippen LogP contribution in [-0.4, -0.2) is 51.5 Å². The van der Waals surface area contributed by atoms with Gasteiger partial charge in [-0.1, -0.05) is 19.3 Å². The van der Waals surface area contributed by atoms with E-state index in [1.54, 1.807) is 0 Å². The summed E-state index contributed by atoms with van der Waals surface area (Å²) < 4.78 is 27.2. The first-order valence-electron chi connectivity index (χ1n) is 10.5. The highest BCUT2D eigenvalue weighted by molar-refractivity contribution is 7.92. The Morgan fingerprint density at radius 1 is 0.963 bits per heavy atom. The molecule has 1 aromatic rings. The quantitative estimate of drug-likeness (QED) is 0.766. The summed E-state index contributed by atoms with van der Waals surface area (Å²) in [4.78, 5) is 14.7. The van der Waals surface area contributed by atoms with Crippen molar-refractivity contribution in [1.82, 2.24) is 19.7 Å². The van der Waals surface area contributed by atoms with Crippen molar-refractivity contribution in [3.05, 3.63) is 11.6 Å². The maximum absolute atomic E-state index is 12.9. The van der Waals surface area contributed by atoms with Crippen LogP contribution in [0.4, 0.5) is 0 Å². The molecule has 2 fully saturated rings. The number of fused-ring (bicyclic) bond motifs is 1. The lowest BCUT2D eigenvalue weighted by molar-refractivity contribution is -0.131. The molecular formula is C19H30N4O3S. The zero-order valence-electron chi connectivity index (χ0n) is 16.0. The summed E-state index contributed by atoms with van der Waals surface area (Å²) in [5.41, 5.74) is 0. The molecule has 1 amide bonds. The van der Waals surface area contributed by atoms with Gasteiger partial charge in [0.05, 0.1) is 17.0 Å². The van der Waals surface area contributed by atoms with E-state index < -0.39 is 9.84 Å². The Bertz CT molecular complexity index is 783. The van der Waals surface area contributed by atoms with Crippen molar-refractivity contribution in [1.29, 1.82) is 0 Å². The molecular weight excluding hydrogens is 364 g/mol. The highest BCUT2D eigenvalue weighted by Crippen LogP contribution is 2.33. The lowest BCUT2D eigenvalue weighted by Gasteiger charge is -2.25. The SMILES string of the molecule is O=C(CCS(=O)(=O)C1CCCC1)N1CCC[C@H]1c1nnc2n1CCCCC2. The summed E-state index contributed by atoms with van der Waals surface area (Å²) in [6.45, 7) is 1.61. The zero-order chi connectivity index (χ0) is 18.9. The van der Waals surface area contributed by atoms with Gasteiger partial charge in [0.15, 0.2) is 15.7 Å². The third-order valence-corrected chi connectivity index (χ3v) is 8.68. The van der Waals surface area contributed by atoms with Crippen molar-refractivity contribution >= 4 is 15.7 Å². The molecule has 1 aliphatic carbocycles. The van der Waals surface area contributed by atoms with Crippen LogP contribution in [0.5, 0.6) is 0 Å². The van der Waals surface area contributed by atoms with Gasteiger partial charge in [-0.25, -0.2) is 8.42 Å². The van der Waals surface area contributed by atoms with Crippen LogP contribution < -0.4 is 0 Å². The molecule has 3 aliphatic rings. The second-order valence-corrected chi connectivity index (χ2v) is 10.6. The third kappa shape index (κ3) is 3.91. The average Bonchev–Trinajstić information content (AvgIpc) is 3.38. The standard InChI is InChI=1S/C19H30N4O3S/c24-18(11-14-27(25,26)15-7-3-4-8-15)22-13-6-9-16(22)19-21-20-17-10-2-1-5-12-23(17)19/h15-16H,1-14H2/t16-/m0/s1. The number of amides is 1. The Kier molecular flexibility index (Phi) is 5.53. The van der Waals surface area contributed by atoms with Gasteiger partial charge in [0.2, 0.25) is 5.91 Å². The van der Waals surface area contributed by atoms with Crippen LogP contribution in [0.15, 0.2) is 0 Å². The first-order chi connectivity index (χ1) is 13.1. The minimum atomic E-state index is -3.16. The van der Waals surface area contributed by atoms with E-state index in [1.165, 1.54) is 6.42 Å². The molecule has 2 aliphatic heterocycles. The maximum Gasteiger partial charge on any atom is 0.224 e. The van der Waals surface area contributed by atoms with Gasteiger partial charge in [-0.05, 0) is 38.5 Å². The fourth-order valence-corrected chi connectivity index (χ4v) is 6.72. The van der Waals surface area contributed by atoms with E-state index in [-0.39, 0.29) is 29.4 Å². The van der Waals surface area contributed by atoms with Gasteiger partial charge in [-0.3, -0.25) is 4.79 Å².